The first-order valence-electron chi connectivity index (χ1n) is 9.37. The number of hydrogen-bond acceptors (Lipinski definition) is 7. The molecule has 0 spiro atoms. The minimum Gasteiger partial charge on any atom is -0.493 e. The van der Waals surface area contributed by atoms with Gasteiger partial charge in [-0.2, -0.15) is 5.10 Å². The predicted octanol–water partition coefficient (Wildman–Crippen LogP) is 4.94. The molecule has 1 N–H and O–H groups in total. The summed E-state index contributed by atoms with van der Waals surface area (Å²) >= 11 is 7.63. The Labute approximate surface area is 192 Å². The van der Waals surface area contributed by atoms with Crippen LogP contribution >= 0.6 is 22.9 Å². The molecule has 160 valence electrons. The maximum Gasteiger partial charge on any atom is 0.355 e. The van der Waals surface area contributed by atoms with Crippen molar-refractivity contribution in [1.29, 1.82) is 0 Å². The summed E-state index contributed by atoms with van der Waals surface area (Å²) in [6.07, 6.45) is 4.47. The summed E-state index contributed by atoms with van der Waals surface area (Å²) in [6, 6.07) is 15.7. The Balaban J connectivity index is 1.47. The summed E-state index contributed by atoms with van der Waals surface area (Å²) in [6.45, 7) is 0. The van der Waals surface area contributed by atoms with E-state index in [0.29, 0.717) is 26.8 Å². The van der Waals surface area contributed by atoms with E-state index in [9.17, 15) is 9.59 Å². The molecule has 9 heteroatoms. The number of nitrogens with one attached hydrogen (secondary N) is 1. The highest BCUT2D eigenvalue weighted by Crippen LogP contribution is 2.36. The summed E-state index contributed by atoms with van der Waals surface area (Å²) in [5.74, 6) is -0.382. The van der Waals surface area contributed by atoms with Gasteiger partial charge in [0.2, 0.25) is 0 Å². The quantitative estimate of drug-likeness (QED) is 0.188. The van der Waals surface area contributed by atoms with Crippen molar-refractivity contribution < 1.29 is 19.1 Å². The number of amides is 1. The van der Waals surface area contributed by atoms with Gasteiger partial charge in [-0.05, 0) is 42.0 Å². The van der Waals surface area contributed by atoms with Crippen molar-refractivity contribution in [3.05, 3.63) is 88.0 Å². The lowest BCUT2D eigenvalue weighted by Gasteiger charge is -2.09. The standard InChI is InChI=1S/C23H16ClN3O4S/c1-30-18-11-14(12-26-27-22(28)15-5-4-10-25-13-15)8-9-17(18)31-23(29)21-20(24)16-6-2-3-7-19(16)32-21/h2-13H,1H3,(H,27,28)/b26-12+. The number of carbonyl (C=O) groups is 2. The highest BCUT2D eigenvalue weighted by atomic mass is 35.5. The number of aromatic nitrogens is 1. The molecule has 32 heavy (non-hydrogen) atoms. The number of hydrogen-bond donors (Lipinski definition) is 1. The first-order chi connectivity index (χ1) is 15.6. The van der Waals surface area contributed by atoms with E-state index in [-0.39, 0.29) is 11.7 Å². The Kier molecular flexibility index (Phi) is 6.44. The average Bonchev–Trinajstić information content (AvgIpc) is 3.17. The molecule has 0 aliphatic rings. The molecule has 2 aromatic carbocycles. The van der Waals surface area contributed by atoms with Gasteiger partial charge in [-0.15, -0.1) is 11.3 Å². The Hall–Kier alpha value is -3.75. The molecule has 0 bridgehead atoms. The van der Waals surface area contributed by atoms with Crippen LogP contribution in [0, 0.1) is 0 Å². The highest BCUT2D eigenvalue weighted by Gasteiger charge is 2.20. The molecule has 0 aliphatic heterocycles. The monoisotopic (exact) mass is 465 g/mol. The summed E-state index contributed by atoms with van der Waals surface area (Å²) in [7, 11) is 1.46. The van der Waals surface area contributed by atoms with Crippen LogP contribution in [0.1, 0.15) is 25.6 Å². The molecular weight excluding hydrogens is 450 g/mol. The molecule has 0 saturated carbocycles. The largest absolute Gasteiger partial charge is 0.493 e. The molecule has 4 rings (SSSR count). The predicted molar refractivity (Wildman–Crippen MR) is 124 cm³/mol. The normalized spacial score (nSPS) is 10.9. The van der Waals surface area contributed by atoms with E-state index in [1.807, 2.05) is 24.3 Å². The molecule has 7 nitrogen and oxygen atoms in total. The summed E-state index contributed by atoms with van der Waals surface area (Å²) in [5, 5.41) is 5.10. The number of carbonyl (C=O) groups excluding carboxylic acids is 2. The van der Waals surface area contributed by atoms with Gasteiger partial charge >= 0.3 is 5.97 Å². The molecule has 0 aliphatic carbocycles. The van der Waals surface area contributed by atoms with E-state index in [0.717, 1.165) is 10.1 Å². The number of benzene rings is 2. The SMILES string of the molecule is COc1cc(/C=N/NC(=O)c2cccnc2)ccc1OC(=O)c1sc2ccccc2c1Cl. The van der Waals surface area contributed by atoms with E-state index in [1.165, 1.54) is 30.9 Å². The van der Waals surface area contributed by atoms with Gasteiger partial charge < -0.3 is 9.47 Å². The number of fused-ring (bicyclic) bond motifs is 1. The van der Waals surface area contributed by atoms with Crippen LogP contribution < -0.4 is 14.9 Å². The lowest BCUT2D eigenvalue weighted by molar-refractivity contribution is 0.0734. The van der Waals surface area contributed by atoms with Crippen LogP contribution in [0.15, 0.2) is 72.1 Å². The minimum absolute atomic E-state index is 0.238. The number of hydrazone groups is 1. The third-order valence-corrected chi connectivity index (χ3v) is 6.07. The van der Waals surface area contributed by atoms with E-state index in [1.54, 1.807) is 36.5 Å². The Morgan fingerprint density at radius 2 is 1.97 bits per heavy atom. The van der Waals surface area contributed by atoms with Crippen molar-refractivity contribution in [2.24, 2.45) is 5.10 Å². The second-order valence-electron chi connectivity index (χ2n) is 6.48. The lowest BCUT2D eigenvalue weighted by atomic mass is 10.2. The molecule has 1 amide bonds. The van der Waals surface area contributed by atoms with Gasteiger partial charge in [0, 0.05) is 22.5 Å². The number of esters is 1. The fourth-order valence-electron chi connectivity index (χ4n) is 2.87. The van der Waals surface area contributed by atoms with E-state index < -0.39 is 5.97 Å². The molecule has 0 saturated heterocycles. The van der Waals surface area contributed by atoms with Crippen molar-refractivity contribution in [3.8, 4) is 11.5 Å². The zero-order valence-electron chi connectivity index (χ0n) is 16.7. The molecular formula is C23H16ClN3O4S. The number of thiophene rings is 1. The molecule has 0 fully saturated rings. The third kappa shape index (κ3) is 4.61. The third-order valence-electron chi connectivity index (χ3n) is 4.41. The van der Waals surface area contributed by atoms with Crippen molar-refractivity contribution >= 4 is 51.1 Å². The maximum absolute atomic E-state index is 12.7. The minimum atomic E-state index is -0.570. The van der Waals surface area contributed by atoms with Gasteiger partial charge in [0.1, 0.15) is 4.88 Å². The van der Waals surface area contributed by atoms with Crippen LogP contribution in [0.25, 0.3) is 10.1 Å². The van der Waals surface area contributed by atoms with Gasteiger partial charge in [-0.25, -0.2) is 10.2 Å². The molecule has 2 aromatic heterocycles. The Morgan fingerprint density at radius 1 is 1.12 bits per heavy atom. The molecule has 2 heterocycles. The number of methoxy groups -OCH3 is 1. The van der Waals surface area contributed by atoms with E-state index >= 15 is 0 Å². The van der Waals surface area contributed by atoms with Crippen molar-refractivity contribution in [1.82, 2.24) is 10.4 Å². The molecule has 0 radical (unpaired) electrons. The van der Waals surface area contributed by atoms with Crippen LogP contribution in [0.5, 0.6) is 11.5 Å². The number of halogens is 1. The second kappa shape index (κ2) is 9.59. The Bertz CT molecular complexity index is 1320. The zero-order chi connectivity index (χ0) is 22.5. The smallest absolute Gasteiger partial charge is 0.355 e. The van der Waals surface area contributed by atoms with Gasteiger partial charge in [-0.3, -0.25) is 9.78 Å². The lowest BCUT2D eigenvalue weighted by Crippen LogP contribution is -2.17. The van der Waals surface area contributed by atoms with Crippen LogP contribution in [0.2, 0.25) is 5.02 Å². The van der Waals surface area contributed by atoms with Crippen molar-refractivity contribution in [2.75, 3.05) is 7.11 Å². The molecule has 0 unspecified atom stereocenters. The van der Waals surface area contributed by atoms with Crippen LogP contribution in [-0.2, 0) is 0 Å². The first kappa shape index (κ1) is 21.5. The van der Waals surface area contributed by atoms with E-state index in [2.05, 4.69) is 15.5 Å². The number of nitrogens with zero attached hydrogens (tertiary/aromatic N) is 2. The van der Waals surface area contributed by atoms with Gasteiger partial charge in [0.05, 0.1) is 23.9 Å². The highest BCUT2D eigenvalue weighted by molar-refractivity contribution is 7.21. The van der Waals surface area contributed by atoms with Crippen molar-refractivity contribution in [2.45, 2.75) is 0 Å². The van der Waals surface area contributed by atoms with Crippen LogP contribution in [0.4, 0.5) is 0 Å². The molecule has 0 atom stereocenters. The fourth-order valence-corrected chi connectivity index (χ4v) is 4.25. The number of ether oxygens (including phenoxy) is 2. The number of pyridine rings is 1. The van der Waals surface area contributed by atoms with Gasteiger partial charge in [0.25, 0.3) is 5.91 Å². The fraction of sp³-hybridized carbons (Fsp3) is 0.0435. The van der Waals surface area contributed by atoms with Gasteiger partial charge in [-0.1, -0.05) is 29.8 Å². The van der Waals surface area contributed by atoms with Gasteiger partial charge in [0.15, 0.2) is 11.5 Å². The maximum atomic E-state index is 12.7. The average molecular weight is 466 g/mol. The van der Waals surface area contributed by atoms with Crippen molar-refractivity contribution in [3.63, 3.8) is 0 Å². The first-order valence-corrected chi connectivity index (χ1v) is 10.6. The summed E-state index contributed by atoms with van der Waals surface area (Å²) in [4.78, 5) is 28.9. The van der Waals surface area contributed by atoms with Crippen LogP contribution in [-0.4, -0.2) is 30.2 Å². The number of rotatable bonds is 6. The van der Waals surface area contributed by atoms with E-state index in [4.69, 9.17) is 21.1 Å². The summed E-state index contributed by atoms with van der Waals surface area (Å²) < 4.78 is 11.8. The topological polar surface area (TPSA) is 89.9 Å². The second-order valence-corrected chi connectivity index (χ2v) is 7.91. The van der Waals surface area contributed by atoms with Crippen LogP contribution in [0.3, 0.4) is 0 Å². The summed E-state index contributed by atoms with van der Waals surface area (Å²) in [5.41, 5.74) is 3.45. The molecule has 4 aromatic rings. The Morgan fingerprint density at radius 3 is 2.72 bits per heavy atom. The zero-order valence-corrected chi connectivity index (χ0v) is 18.3.